The van der Waals surface area contributed by atoms with E-state index >= 15 is 0 Å². The molecule has 0 fully saturated rings. The molecule has 0 aliphatic carbocycles. The number of benzene rings is 3. The predicted molar refractivity (Wildman–Crippen MR) is 138 cm³/mol. The number of fused-ring (bicyclic) bond motifs is 2. The fraction of sp³-hybridized carbons (Fsp3) is 0.214. The Morgan fingerprint density at radius 3 is 2.45 bits per heavy atom. The molecule has 0 saturated heterocycles. The number of thioether (sulfide) groups is 1. The summed E-state index contributed by atoms with van der Waals surface area (Å²) in [6.45, 7) is 2.84. The van der Waals surface area contributed by atoms with Gasteiger partial charge in [0.15, 0.2) is 11.5 Å². The van der Waals surface area contributed by atoms with Gasteiger partial charge in [0.1, 0.15) is 13.2 Å². The van der Waals surface area contributed by atoms with Crippen molar-refractivity contribution in [1.82, 2.24) is 5.32 Å². The van der Waals surface area contributed by atoms with Crippen molar-refractivity contribution in [2.24, 2.45) is 0 Å². The highest BCUT2D eigenvalue weighted by Crippen LogP contribution is 2.42. The third-order valence-corrected chi connectivity index (χ3v) is 7.34. The highest BCUT2D eigenvalue weighted by atomic mass is 32.2. The quantitative estimate of drug-likeness (QED) is 0.407. The van der Waals surface area contributed by atoms with Crippen LogP contribution in [0.15, 0.2) is 70.5 Å². The SMILES string of the molecule is C[C@@H](NC(=O)c1ccc2c(c1)N(C)C(=O)/C(=C/c1ccc(C(F)(F)F)cc1)S2)c1ccc2c(c1)OCCO2. The van der Waals surface area contributed by atoms with Crippen LogP contribution in [0.2, 0.25) is 0 Å². The molecule has 2 aliphatic rings. The van der Waals surface area contributed by atoms with Crippen LogP contribution in [0.1, 0.15) is 40.0 Å². The van der Waals surface area contributed by atoms with Crippen molar-refractivity contribution in [2.75, 3.05) is 25.2 Å². The summed E-state index contributed by atoms with van der Waals surface area (Å²) in [5, 5.41) is 2.97. The molecule has 10 heteroatoms. The van der Waals surface area contributed by atoms with E-state index in [0.29, 0.717) is 46.4 Å². The molecule has 0 radical (unpaired) electrons. The van der Waals surface area contributed by atoms with E-state index in [1.54, 1.807) is 31.3 Å². The Kier molecular flexibility index (Phi) is 6.83. The van der Waals surface area contributed by atoms with Gasteiger partial charge >= 0.3 is 6.18 Å². The second-order valence-electron chi connectivity index (χ2n) is 8.88. The lowest BCUT2D eigenvalue weighted by atomic mass is 10.1. The molecule has 3 aromatic carbocycles. The van der Waals surface area contributed by atoms with Crippen LogP contribution in [0.25, 0.3) is 6.08 Å². The topological polar surface area (TPSA) is 67.9 Å². The van der Waals surface area contributed by atoms with E-state index in [9.17, 15) is 22.8 Å². The van der Waals surface area contributed by atoms with Crippen LogP contribution in [0, 0.1) is 0 Å². The van der Waals surface area contributed by atoms with Gasteiger partial charge in [-0.3, -0.25) is 9.59 Å². The van der Waals surface area contributed by atoms with E-state index in [4.69, 9.17) is 9.47 Å². The standard InChI is InChI=1S/C28H23F3N2O4S/c1-16(18-5-9-22-23(15-18)37-12-11-36-22)32-26(34)19-6-10-24-21(14-19)33(2)27(35)25(38-24)13-17-3-7-20(8-4-17)28(29,30)31/h3-10,13-16H,11-12H2,1-2H3,(H,32,34)/b25-13-/t16-/m1/s1. The smallest absolute Gasteiger partial charge is 0.416 e. The Bertz CT molecular complexity index is 1440. The maximum atomic E-state index is 13.0. The van der Waals surface area contributed by atoms with Gasteiger partial charge in [-0.25, -0.2) is 0 Å². The van der Waals surface area contributed by atoms with Crippen LogP contribution in [-0.4, -0.2) is 32.1 Å². The zero-order valence-corrected chi connectivity index (χ0v) is 21.3. The van der Waals surface area contributed by atoms with Gasteiger partial charge in [0, 0.05) is 17.5 Å². The average molecular weight is 541 g/mol. The minimum Gasteiger partial charge on any atom is -0.486 e. The Morgan fingerprint density at radius 1 is 1.03 bits per heavy atom. The maximum absolute atomic E-state index is 13.0. The Labute approximate surface area is 221 Å². The van der Waals surface area contributed by atoms with Gasteiger partial charge in [0.25, 0.3) is 11.8 Å². The van der Waals surface area contributed by atoms with Crippen LogP contribution >= 0.6 is 11.8 Å². The minimum absolute atomic E-state index is 0.299. The number of anilines is 1. The lowest BCUT2D eigenvalue weighted by molar-refractivity contribution is -0.137. The number of carbonyl (C=O) groups is 2. The molecule has 0 spiro atoms. The Morgan fingerprint density at radius 2 is 1.74 bits per heavy atom. The number of ether oxygens (including phenoxy) is 2. The first-order chi connectivity index (χ1) is 18.1. The van der Waals surface area contributed by atoms with E-state index in [1.807, 2.05) is 25.1 Å². The highest BCUT2D eigenvalue weighted by Gasteiger charge is 2.30. The van der Waals surface area contributed by atoms with Crippen molar-refractivity contribution in [3.8, 4) is 11.5 Å². The van der Waals surface area contributed by atoms with Gasteiger partial charge in [0.2, 0.25) is 0 Å². The van der Waals surface area contributed by atoms with Crippen LogP contribution in [0.5, 0.6) is 11.5 Å². The summed E-state index contributed by atoms with van der Waals surface area (Å²) in [6.07, 6.45) is -2.87. The summed E-state index contributed by atoms with van der Waals surface area (Å²) in [5.41, 5.74) is 1.56. The number of hydrogen-bond acceptors (Lipinski definition) is 5. The van der Waals surface area contributed by atoms with E-state index in [0.717, 1.165) is 22.6 Å². The molecule has 0 unspecified atom stereocenters. The fourth-order valence-corrected chi connectivity index (χ4v) is 5.24. The lowest BCUT2D eigenvalue weighted by Gasteiger charge is -2.27. The van der Waals surface area contributed by atoms with E-state index < -0.39 is 11.7 Å². The van der Waals surface area contributed by atoms with Gasteiger partial charge in [-0.15, -0.1) is 0 Å². The second kappa shape index (κ2) is 10.1. The van der Waals surface area contributed by atoms with Crippen molar-refractivity contribution in [1.29, 1.82) is 0 Å². The Hall–Kier alpha value is -3.92. The fourth-order valence-electron chi connectivity index (χ4n) is 4.15. The molecule has 1 atom stereocenters. The number of halogens is 3. The number of nitrogens with zero attached hydrogens (tertiary/aromatic N) is 1. The number of alkyl halides is 3. The number of carbonyl (C=O) groups excluding carboxylic acids is 2. The minimum atomic E-state index is -4.42. The molecule has 3 aromatic rings. The average Bonchev–Trinajstić information content (AvgIpc) is 2.91. The first kappa shape index (κ1) is 25.7. The van der Waals surface area contributed by atoms with Gasteiger partial charge in [0.05, 0.1) is 22.2 Å². The van der Waals surface area contributed by atoms with Crippen LogP contribution in [-0.2, 0) is 11.0 Å². The first-order valence-corrected chi connectivity index (χ1v) is 12.6. The molecule has 2 amide bonds. The molecule has 0 bridgehead atoms. The summed E-state index contributed by atoms with van der Waals surface area (Å²) >= 11 is 1.21. The number of rotatable bonds is 4. The normalized spacial score (nSPS) is 16.7. The van der Waals surface area contributed by atoms with Crippen molar-refractivity contribution < 1.29 is 32.2 Å². The van der Waals surface area contributed by atoms with Gasteiger partial charge in [-0.2, -0.15) is 13.2 Å². The van der Waals surface area contributed by atoms with Gasteiger partial charge < -0.3 is 19.7 Å². The predicted octanol–water partition coefficient (Wildman–Crippen LogP) is 6.08. The summed E-state index contributed by atoms with van der Waals surface area (Å²) in [4.78, 5) is 28.6. The third kappa shape index (κ3) is 5.22. The summed E-state index contributed by atoms with van der Waals surface area (Å²) in [7, 11) is 1.60. The maximum Gasteiger partial charge on any atom is 0.416 e. The van der Waals surface area contributed by atoms with Gasteiger partial charge in [-0.05, 0) is 66.6 Å². The number of amides is 2. The summed E-state index contributed by atoms with van der Waals surface area (Å²) in [5.74, 6) is 0.697. The molecule has 5 rings (SSSR count). The zero-order chi connectivity index (χ0) is 27.0. The summed E-state index contributed by atoms with van der Waals surface area (Å²) in [6, 6.07) is 15.0. The van der Waals surface area contributed by atoms with Crippen molar-refractivity contribution >= 4 is 35.3 Å². The summed E-state index contributed by atoms with van der Waals surface area (Å²) < 4.78 is 49.7. The zero-order valence-electron chi connectivity index (χ0n) is 20.5. The molecular weight excluding hydrogens is 517 g/mol. The molecule has 1 N–H and O–H groups in total. The van der Waals surface area contributed by atoms with Gasteiger partial charge in [-0.1, -0.05) is 30.0 Å². The van der Waals surface area contributed by atoms with Crippen molar-refractivity contribution in [2.45, 2.75) is 24.0 Å². The Balaban J connectivity index is 1.32. The van der Waals surface area contributed by atoms with Crippen LogP contribution in [0.4, 0.5) is 18.9 Å². The monoisotopic (exact) mass is 540 g/mol. The highest BCUT2D eigenvalue weighted by molar-refractivity contribution is 8.04. The van der Waals surface area contributed by atoms with E-state index in [2.05, 4.69) is 5.32 Å². The van der Waals surface area contributed by atoms with Crippen molar-refractivity contribution in [3.63, 3.8) is 0 Å². The largest absolute Gasteiger partial charge is 0.486 e. The molecule has 6 nitrogen and oxygen atoms in total. The molecule has 2 aliphatic heterocycles. The number of hydrogen-bond donors (Lipinski definition) is 1. The van der Waals surface area contributed by atoms with E-state index in [1.165, 1.54) is 28.8 Å². The van der Waals surface area contributed by atoms with Crippen LogP contribution < -0.4 is 19.7 Å². The molecular formula is C28H23F3N2O4S. The van der Waals surface area contributed by atoms with Crippen LogP contribution in [0.3, 0.4) is 0 Å². The molecule has 0 saturated carbocycles. The molecule has 38 heavy (non-hydrogen) atoms. The lowest BCUT2D eigenvalue weighted by Crippen LogP contribution is -2.31. The molecule has 196 valence electrons. The second-order valence-corrected chi connectivity index (χ2v) is 9.96. The first-order valence-electron chi connectivity index (χ1n) is 11.8. The molecule has 2 heterocycles. The number of likely N-dealkylation sites (N-methyl/N-ethyl adjacent to an activating group) is 1. The molecule has 0 aromatic heterocycles. The van der Waals surface area contributed by atoms with Crippen molar-refractivity contribution in [3.05, 3.63) is 87.8 Å². The third-order valence-electron chi connectivity index (χ3n) is 6.27. The number of nitrogens with one attached hydrogen (secondary N) is 1. The van der Waals surface area contributed by atoms with E-state index in [-0.39, 0.29) is 17.9 Å².